The fourth-order valence-corrected chi connectivity index (χ4v) is 1.46. The largest absolute Gasteiger partial charge is 0.463 e. The van der Waals surface area contributed by atoms with Gasteiger partial charge in [-0.3, -0.25) is 0 Å². The first-order valence-corrected chi connectivity index (χ1v) is 6.40. The third kappa shape index (κ3) is 5.30. The Hall–Kier alpha value is -0.840. The Morgan fingerprint density at radius 1 is 1.38 bits per heavy atom. The van der Waals surface area contributed by atoms with Gasteiger partial charge in [-0.05, 0) is 52.8 Å². The third-order valence-corrected chi connectivity index (χ3v) is 2.74. The van der Waals surface area contributed by atoms with E-state index in [1.54, 1.807) is 6.08 Å². The van der Waals surface area contributed by atoms with Crippen LogP contribution in [0.3, 0.4) is 0 Å². The van der Waals surface area contributed by atoms with Crippen LogP contribution >= 0.6 is 22.6 Å². The number of carbonyl (C=O) groups is 1. The molecule has 0 saturated heterocycles. The van der Waals surface area contributed by atoms with Gasteiger partial charge in [0.1, 0.15) is 0 Å². The monoisotopic (exact) mass is 330 g/mol. The van der Waals surface area contributed by atoms with Crippen molar-refractivity contribution < 1.29 is 9.53 Å². The molecule has 0 unspecified atom stereocenters. The molecule has 86 valence electrons. The van der Waals surface area contributed by atoms with E-state index in [1.807, 2.05) is 24.3 Å². The molecule has 2 nitrogen and oxygen atoms in total. The fourth-order valence-electron chi connectivity index (χ4n) is 1.10. The van der Waals surface area contributed by atoms with Gasteiger partial charge in [0, 0.05) is 9.65 Å². The lowest BCUT2D eigenvalue weighted by Crippen LogP contribution is -2.01. The number of halogens is 1. The minimum absolute atomic E-state index is 0.271. The molecule has 0 aliphatic heterocycles. The van der Waals surface area contributed by atoms with Crippen molar-refractivity contribution >= 4 is 34.6 Å². The quantitative estimate of drug-likeness (QED) is 0.357. The summed E-state index contributed by atoms with van der Waals surface area (Å²) in [7, 11) is 0. The molecule has 0 amide bonds. The first-order chi connectivity index (χ1) is 7.72. The van der Waals surface area contributed by atoms with Gasteiger partial charge in [-0.2, -0.15) is 0 Å². The maximum Gasteiger partial charge on any atom is 0.330 e. The van der Waals surface area contributed by atoms with Crippen LogP contribution in [0, 0.1) is 3.57 Å². The normalized spacial score (nSPS) is 10.6. The number of esters is 1. The molecule has 1 rings (SSSR count). The number of hydrogen-bond donors (Lipinski definition) is 0. The highest BCUT2D eigenvalue weighted by Crippen LogP contribution is 2.08. The van der Waals surface area contributed by atoms with Crippen molar-refractivity contribution in [1.29, 1.82) is 0 Å². The SMILES string of the molecule is CCCCOC(=O)/C=C/c1ccc(I)cc1. The van der Waals surface area contributed by atoms with Gasteiger partial charge in [0.05, 0.1) is 6.61 Å². The zero-order chi connectivity index (χ0) is 11.8. The first-order valence-electron chi connectivity index (χ1n) is 5.33. The predicted octanol–water partition coefficient (Wildman–Crippen LogP) is 3.65. The van der Waals surface area contributed by atoms with Crippen LogP contribution in [-0.2, 0) is 9.53 Å². The number of benzene rings is 1. The average Bonchev–Trinajstić information content (AvgIpc) is 2.29. The summed E-state index contributed by atoms with van der Waals surface area (Å²) in [5.74, 6) is -0.271. The highest BCUT2D eigenvalue weighted by Gasteiger charge is 1.95. The summed E-state index contributed by atoms with van der Waals surface area (Å²) in [6.45, 7) is 2.57. The van der Waals surface area contributed by atoms with Crippen molar-refractivity contribution in [2.75, 3.05) is 6.61 Å². The van der Waals surface area contributed by atoms with Gasteiger partial charge in [0.25, 0.3) is 0 Å². The lowest BCUT2D eigenvalue weighted by molar-refractivity contribution is -0.137. The molecule has 1 aromatic rings. The van der Waals surface area contributed by atoms with E-state index in [2.05, 4.69) is 29.5 Å². The Labute approximate surface area is 110 Å². The van der Waals surface area contributed by atoms with Crippen LogP contribution in [0.15, 0.2) is 30.3 Å². The minimum Gasteiger partial charge on any atom is -0.463 e. The van der Waals surface area contributed by atoms with E-state index in [9.17, 15) is 4.79 Å². The molecule has 0 N–H and O–H groups in total. The number of unbranched alkanes of at least 4 members (excludes halogenated alkanes) is 1. The van der Waals surface area contributed by atoms with Crippen molar-refractivity contribution in [2.24, 2.45) is 0 Å². The molecule has 0 fully saturated rings. The van der Waals surface area contributed by atoms with Crippen molar-refractivity contribution in [3.63, 3.8) is 0 Å². The van der Waals surface area contributed by atoms with E-state index in [0.29, 0.717) is 6.61 Å². The molecule has 0 radical (unpaired) electrons. The smallest absolute Gasteiger partial charge is 0.330 e. The van der Waals surface area contributed by atoms with E-state index in [0.717, 1.165) is 18.4 Å². The van der Waals surface area contributed by atoms with Gasteiger partial charge in [0.15, 0.2) is 0 Å². The summed E-state index contributed by atoms with van der Waals surface area (Å²) in [5, 5.41) is 0. The molecular formula is C13H15IO2. The first kappa shape index (κ1) is 13.2. The Kier molecular flexibility index (Phi) is 6.15. The lowest BCUT2D eigenvalue weighted by atomic mass is 10.2. The highest BCUT2D eigenvalue weighted by atomic mass is 127. The molecule has 0 aliphatic carbocycles. The topological polar surface area (TPSA) is 26.3 Å². The second-order valence-corrected chi connectivity index (χ2v) is 4.65. The molecule has 3 heteroatoms. The molecule has 0 bridgehead atoms. The van der Waals surface area contributed by atoms with Gasteiger partial charge in [0.2, 0.25) is 0 Å². The van der Waals surface area contributed by atoms with Gasteiger partial charge in [-0.25, -0.2) is 4.79 Å². The van der Waals surface area contributed by atoms with Crippen molar-refractivity contribution in [2.45, 2.75) is 19.8 Å². The van der Waals surface area contributed by atoms with Crippen molar-refractivity contribution in [3.05, 3.63) is 39.5 Å². The number of hydrogen-bond acceptors (Lipinski definition) is 2. The summed E-state index contributed by atoms with van der Waals surface area (Å²) < 4.78 is 6.18. The van der Waals surface area contributed by atoms with Crippen molar-refractivity contribution in [1.82, 2.24) is 0 Å². The van der Waals surface area contributed by atoms with Crippen molar-refractivity contribution in [3.8, 4) is 0 Å². The van der Waals surface area contributed by atoms with Crippen LogP contribution in [-0.4, -0.2) is 12.6 Å². The summed E-state index contributed by atoms with van der Waals surface area (Å²) in [6, 6.07) is 7.94. The predicted molar refractivity (Wildman–Crippen MR) is 74.1 cm³/mol. The number of ether oxygens (including phenoxy) is 1. The second kappa shape index (κ2) is 7.44. The van der Waals surface area contributed by atoms with Gasteiger partial charge in [-0.1, -0.05) is 25.5 Å². The third-order valence-electron chi connectivity index (χ3n) is 2.02. The average molecular weight is 330 g/mol. The van der Waals surface area contributed by atoms with E-state index in [-0.39, 0.29) is 5.97 Å². The molecule has 16 heavy (non-hydrogen) atoms. The fraction of sp³-hybridized carbons (Fsp3) is 0.308. The van der Waals surface area contributed by atoms with Gasteiger partial charge >= 0.3 is 5.97 Å². The molecule has 0 aromatic heterocycles. The van der Waals surface area contributed by atoms with E-state index < -0.39 is 0 Å². The summed E-state index contributed by atoms with van der Waals surface area (Å²) in [6.07, 6.45) is 5.19. The van der Waals surface area contributed by atoms with Crippen LogP contribution in [0.1, 0.15) is 25.3 Å². The Balaban J connectivity index is 2.41. The molecule has 0 atom stereocenters. The van der Waals surface area contributed by atoms with Crippen LogP contribution in [0.2, 0.25) is 0 Å². The zero-order valence-electron chi connectivity index (χ0n) is 9.28. The summed E-state index contributed by atoms with van der Waals surface area (Å²) >= 11 is 2.25. The highest BCUT2D eigenvalue weighted by molar-refractivity contribution is 14.1. The van der Waals surface area contributed by atoms with Gasteiger partial charge in [-0.15, -0.1) is 0 Å². The maximum absolute atomic E-state index is 11.2. The van der Waals surface area contributed by atoms with E-state index >= 15 is 0 Å². The van der Waals surface area contributed by atoms with Gasteiger partial charge < -0.3 is 4.74 Å². The lowest BCUT2D eigenvalue weighted by Gasteiger charge is -1.99. The molecule has 0 saturated carbocycles. The van der Waals surface area contributed by atoms with E-state index in [1.165, 1.54) is 9.65 Å². The van der Waals surface area contributed by atoms with Crippen LogP contribution in [0.25, 0.3) is 6.08 Å². The number of rotatable bonds is 5. The summed E-state index contributed by atoms with van der Waals surface area (Å²) in [4.78, 5) is 11.2. The van der Waals surface area contributed by atoms with Crippen LogP contribution < -0.4 is 0 Å². The maximum atomic E-state index is 11.2. The second-order valence-electron chi connectivity index (χ2n) is 3.41. The van der Waals surface area contributed by atoms with Crippen LogP contribution in [0.4, 0.5) is 0 Å². The Morgan fingerprint density at radius 2 is 2.06 bits per heavy atom. The molecule has 0 heterocycles. The molecule has 0 aliphatic rings. The summed E-state index contributed by atoms with van der Waals surface area (Å²) in [5.41, 5.74) is 1.01. The Bertz CT molecular complexity index is 355. The molecular weight excluding hydrogens is 315 g/mol. The molecule has 0 spiro atoms. The van der Waals surface area contributed by atoms with E-state index in [4.69, 9.17) is 4.74 Å². The van der Waals surface area contributed by atoms with Crippen LogP contribution in [0.5, 0.6) is 0 Å². The Morgan fingerprint density at radius 3 is 2.69 bits per heavy atom. The number of carbonyl (C=O) groups excluding carboxylic acids is 1. The molecule has 1 aromatic carbocycles. The minimum atomic E-state index is -0.271. The zero-order valence-corrected chi connectivity index (χ0v) is 11.4. The standard InChI is InChI=1S/C13H15IO2/c1-2-3-10-16-13(15)9-6-11-4-7-12(14)8-5-11/h4-9H,2-3,10H2,1H3/b9-6+.